The van der Waals surface area contributed by atoms with E-state index in [1.165, 1.54) is 0 Å². The number of fused-ring (bicyclic) bond motifs is 2. The standard InChI is InChI=1S/C22H24ClN3O3/c1-4-26-14-24-10-16(26)12-25-11-15-8-21(27-2)22(28-3)9-20(15)29-19-7-5-6-18(23)17(19)13-25/h5-10,14H,4,11-13H2,1-3H3. The van der Waals surface area contributed by atoms with E-state index in [-0.39, 0.29) is 0 Å². The van der Waals surface area contributed by atoms with Crippen LogP contribution in [0.1, 0.15) is 23.7 Å². The number of rotatable bonds is 5. The number of halogens is 1. The number of aryl methyl sites for hydroxylation is 1. The maximum Gasteiger partial charge on any atom is 0.164 e. The number of hydrogen-bond acceptors (Lipinski definition) is 5. The van der Waals surface area contributed by atoms with Crippen molar-refractivity contribution in [1.29, 1.82) is 0 Å². The summed E-state index contributed by atoms with van der Waals surface area (Å²) in [7, 11) is 3.26. The molecule has 0 aliphatic carbocycles. The number of imidazole rings is 1. The molecule has 7 heteroatoms. The molecule has 29 heavy (non-hydrogen) atoms. The van der Waals surface area contributed by atoms with Crippen LogP contribution in [0.2, 0.25) is 5.02 Å². The lowest BCUT2D eigenvalue weighted by atomic mass is 10.1. The Morgan fingerprint density at radius 2 is 1.90 bits per heavy atom. The third-order valence-electron chi connectivity index (χ3n) is 5.16. The molecule has 2 heterocycles. The van der Waals surface area contributed by atoms with E-state index in [2.05, 4.69) is 21.4 Å². The number of methoxy groups -OCH3 is 2. The molecule has 1 aliphatic rings. The number of nitrogens with zero attached hydrogens (tertiary/aromatic N) is 3. The molecule has 4 rings (SSSR count). The van der Waals surface area contributed by atoms with Crippen LogP contribution in [0, 0.1) is 0 Å². The molecule has 0 saturated heterocycles. The molecule has 0 radical (unpaired) electrons. The Labute approximate surface area is 175 Å². The second-order valence-electron chi connectivity index (χ2n) is 6.95. The van der Waals surface area contributed by atoms with Crippen molar-refractivity contribution in [3.05, 3.63) is 64.7 Å². The summed E-state index contributed by atoms with van der Waals surface area (Å²) in [4.78, 5) is 6.64. The van der Waals surface area contributed by atoms with Crippen molar-refractivity contribution in [3.8, 4) is 23.0 Å². The Bertz CT molecular complexity index is 1020. The second-order valence-corrected chi connectivity index (χ2v) is 7.36. The first kappa shape index (κ1) is 19.6. The highest BCUT2D eigenvalue weighted by atomic mass is 35.5. The Balaban J connectivity index is 1.79. The van der Waals surface area contributed by atoms with Crippen LogP contribution in [0.25, 0.3) is 0 Å². The number of hydrogen-bond donors (Lipinski definition) is 0. The Morgan fingerprint density at radius 1 is 1.10 bits per heavy atom. The van der Waals surface area contributed by atoms with Gasteiger partial charge in [-0.3, -0.25) is 4.90 Å². The average molecular weight is 414 g/mol. The van der Waals surface area contributed by atoms with Gasteiger partial charge < -0.3 is 18.8 Å². The van der Waals surface area contributed by atoms with Gasteiger partial charge in [0.25, 0.3) is 0 Å². The molecule has 152 valence electrons. The Morgan fingerprint density at radius 3 is 2.66 bits per heavy atom. The monoisotopic (exact) mass is 413 g/mol. The van der Waals surface area contributed by atoms with Crippen molar-refractivity contribution < 1.29 is 14.2 Å². The molecule has 0 N–H and O–H groups in total. The molecule has 3 aromatic rings. The zero-order chi connectivity index (χ0) is 20.4. The smallest absolute Gasteiger partial charge is 0.164 e. The highest BCUT2D eigenvalue weighted by molar-refractivity contribution is 6.31. The minimum atomic E-state index is 0.631. The van der Waals surface area contributed by atoms with Crippen LogP contribution in [0.5, 0.6) is 23.0 Å². The van der Waals surface area contributed by atoms with Gasteiger partial charge in [0, 0.05) is 54.6 Å². The molecule has 2 aromatic carbocycles. The van der Waals surface area contributed by atoms with Gasteiger partial charge in [0.1, 0.15) is 11.5 Å². The maximum atomic E-state index is 6.54. The second kappa shape index (κ2) is 8.35. The van der Waals surface area contributed by atoms with Gasteiger partial charge in [-0.2, -0.15) is 0 Å². The van der Waals surface area contributed by atoms with Gasteiger partial charge in [0.05, 0.1) is 26.2 Å². The van der Waals surface area contributed by atoms with Gasteiger partial charge >= 0.3 is 0 Å². The fourth-order valence-corrected chi connectivity index (χ4v) is 3.88. The van der Waals surface area contributed by atoms with Crippen LogP contribution >= 0.6 is 11.6 Å². The van der Waals surface area contributed by atoms with E-state index < -0.39 is 0 Å². The molecular weight excluding hydrogens is 390 g/mol. The zero-order valence-corrected chi connectivity index (χ0v) is 17.6. The third kappa shape index (κ3) is 3.91. The van der Waals surface area contributed by atoms with Crippen LogP contribution in [0.15, 0.2) is 42.9 Å². The molecule has 0 bridgehead atoms. The van der Waals surface area contributed by atoms with E-state index in [1.807, 2.05) is 42.9 Å². The summed E-state index contributed by atoms with van der Waals surface area (Å²) < 4.78 is 19.4. The first-order valence-corrected chi connectivity index (χ1v) is 9.92. The molecule has 0 amide bonds. The third-order valence-corrected chi connectivity index (χ3v) is 5.52. The fourth-order valence-electron chi connectivity index (χ4n) is 3.65. The first-order chi connectivity index (χ1) is 14.1. The normalized spacial score (nSPS) is 13.7. The molecule has 1 aliphatic heterocycles. The number of ether oxygens (including phenoxy) is 3. The molecule has 0 saturated carbocycles. The molecule has 0 atom stereocenters. The van der Waals surface area contributed by atoms with Crippen molar-refractivity contribution in [2.24, 2.45) is 0 Å². The fraction of sp³-hybridized carbons (Fsp3) is 0.318. The molecule has 0 spiro atoms. The van der Waals surface area contributed by atoms with Crippen LogP contribution in [-0.2, 0) is 26.2 Å². The van der Waals surface area contributed by atoms with Crippen molar-refractivity contribution in [3.63, 3.8) is 0 Å². The van der Waals surface area contributed by atoms with Crippen LogP contribution < -0.4 is 14.2 Å². The molecule has 6 nitrogen and oxygen atoms in total. The maximum absolute atomic E-state index is 6.54. The average Bonchev–Trinajstić information content (AvgIpc) is 3.16. The minimum absolute atomic E-state index is 0.631. The lowest BCUT2D eigenvalue weighted by Crippen LogP contribution is -2.25. The predicted octanol–water partition coefficient (Wildman–Crippen LogP) is 4.88. The Kier molecular flexibility index (Phi) is 5.65. The minimum Gasteiger partial charge on any atom is -0.493 e. The lowest BCUT2D eigenvalue weighted by molar-refractivity contribution is 0.229. The van der Waals surface area contributed by atoms with E-state index >= 15 is 0 Å². The van der Waals surface area contributed by atoms with Gasteiger partial charge in [-0.25, -0.2) is 4.98 Å². The van der Waals surface area contributed by atoms with Crippen molar-refractivity contribution in [2.45, 2.75) is 33.1 Å². The largest absolute Gasteiger partial charge is 0.493 e. The summed E-state index contributed by atoms with van der Waals surface area (Å²) in [5, 5.41) is 0.695. The summed E-state index contributed by atoms with van der Waals surface area (Å²) in [6, 6.07) is 9.60. The topological polar surface area (TPSA) is 48.8 Å². The van der Waals surface area contributed by atoms with E-state index in [4.69, 9.17) is 25.8 Å². The van der Waals surface area contributed by atoms with E-state index in [0.29, 0.717) is 29.6 Å². The molecular formula is C22H24ClN3O3. The zero-order valence-electron chi connectivity index (χ0n) is 16.8. The van der Waals surface area contributed by atoms with E-state index in [9.17, 15) is 0 Å². The highest BCUT2D eigenvalue weighted by Gasteiger charge is 2.23. The van der Waals surface area contributed by atoms with Crippen molar-refractivity contribution >= 4 is 11.6 Å². The number of aromatic nitrogens is 2. The van der Waals surface area contributed by atoms with Gasteiger partial charge in [-0.05, 0) is 25.1 Å². The van der Waals surface area contributed by atoms with Crippen molar-refractivity contribution in [2.75, 3.05) is 14.2 Å². The summed E-state index contributed by atoms with van der Waals surface area (Å²) in [5.74, 6) is 2.80. The Hall–Kier alpha value is -2.70. The SMILES string of the molecule is CCn1cncc1CN1Cc2cc(OC)c(OC)cc2Oc2cccc(Cl)c2C1. The van der Waals surface area contributed by atoms with Gasteiger partial charge in [-0.15, -0.1) is 0 Å². The van der Waals surface area contributed by atoms with Crippen LogP contribution in [0.3, 0.4) is 0 Å². The quantitative estimate of drug-likeness (QED) is 0.596. The van der Waals surface area contributed by atoms with E-state index in [0.717, 1.165) is 41.4 Å². The van der Waals surface area contributed by atoms with Crippen molar-refractivity contribution in [1.82, 2.24) is 14.5 Å². The summed E-state index contributed by atoms with van der Waals surface area (Å²) in [6.07, 6.45) is 3.78. The van der Waals surface area contributed by atoms with Gasteiger partial charge in [0.15, 0.2) is 11.5 Å². The van der Waals surface area contributed by atoms with Crippen LogP contribution in [-0.4, -0.2) is 28.7 Å². The van der Waals surface area contributed by atoms with Crippen LogP contribution in [0.4, 0.5) is 0 Å². The van der Waals surface area contributed by atoms with Gasteiger partial charge in [-0.1, -0.05) is 17.7 Å². The first-order valence-electron chi connectivity index (χ1n) is 9.54. The van der Waals surface area contributed by atoms with E-state index in [1.54, 1.807) is 14.2 Å². The summed E-state index contributed by atoms with van der Waals surface area (Å²) in [5.41, 5.74) is 3.15. The summed E-state index contributed by atoms with van der Waals surface area (Å²) in [6.45, 7) is 5.08. The number of benzene rings is 2. The lowest BCUT2D eigenvalue weighted by Gasteiger charge is -2.29. The van der Waals surface area contributed by atoms with Gasteiger partial charge in [0.2, 0.25) is 0 Å². The highest BCUT2D eigenvalue weighted by Crippen LogP contribution is 2.41. The summed E-state index contributed by atoms with van der Waals surface area (Å²) >= 11 is 6.54. The molecule has 1 aromatic heterocycles. The predicted molar refractivity (Wildman–Crippen MR) is 112 cm³/mol. The molecule has 0 unspecified atom stereocenters. The molecule has 0 fully saturated rings.